The van der Waals surface area contributed by atoms with Crippen LogP contribution in [0.4, 0.5) is 30.2 Å². The number of aliphatic hydroxyl groups is 1. The molecule has 0 saturated carbocycles. The van der Waals surface area contributed by atoms with Crippen LogP contribution in [0.5, 0.6) is 0 Å². The molecular formula is C17H20F3IN4O3S. The fourth-order valence-electron chi connectivity index (χ4n) is 2.23. The van der Waals surface area contributed by atoms with Gasteiger partial charge in [0, 0.05) is 22.7 Å². The zero-order valence-corrected chi connectivity index (χ0v) is 18.2. The number of aliphatic hydroxyl groups excluding tert-OH is 1. The maximum Gasteiger partial charge on any atom is 0.299 e. The second-order valence-corrected chi connectivity index (χ2v) is 8.82. The third-order valence-electron chi connectivity index (χ3n) is 3.71. The van der Waals surface area contributed by atoms with Gasteiger partial charge in [0.25, 0.3) is 10.2 Å². The molecule has 160 valence electrons. The van der Waals surface area contributed by atoms with E-state index in [4.69, 9.17) is 5.11 Å². The number of rotatable bonds is 10. The normalized spacial score (nSPS) is 12.6. The monoisotopic (exact) mass is 544 g/mol. The molecular weight excluding hydrogens is 524 g/mol. The summed E-state index contributed by atoms with van der Waals surface area (Å²) < 4.78 is 71.4. The minimum Gasteiger partial charge on any atom is -0.395 e. The summed E-state index contributed by atoms with van der Waals surface area (Å²) in [4.78, 5) is 0. The van der Waals surface area contributed by atoms with Crippen molar-refractivity contribution in [3.63, 3.8) is 0 Å². The van der Waals surface area contributed by atoms with Gasteiger partial charge >= 0.3 is 0 Å². The Morgan fingerprint density at radius 2 is 1.76 bits per heavy atom. The summed E-state index contributed by atoms with van der Waals surface area (Å²) in [7, 11) is -4.13. The predicted octanol–water partition coefficient (Wildman–Crippen LogP) is 2.67. The smallest absolute Gasteiger partial charge is 0.299 e. The molecule has 0 aliphatic rings. The lowest BCUT2D eigenvalue weighted by Gasteiger charge is -2.17. The summed E-state index contributed by atoms with van der Waals surface area (Å²) in [5, 5.41) is 14.2. The molecule has 2 rings (SSSR count). The number of nitrogens with one attached hydrogen (secondary N) is 4. The maximum atomic E-state index is 14.3. The highest BCUT2D eigenvalue weighted by Gasteiger charge is 2.19. The second kappa shape index (κ2) is 10.4. The average Bonchev–Trinajstić information content (AvgIpc) is 2.66. The van der Waals surface area contributed by atoms with Gasteiger partial charge in [0.2, 0.25) is 0 Å². The van der Waals surface area contributed by atoms with Crippen LogP contribution >= 0.6 is 22.6 Å². The van der Waals surface area contributed by atoms with E-state index < -0.39 is 33.3 Å². The standard InChI is InChI=1S/C17H20F3IN4O3S/c1-10(9-26)22-6-7-23-29(27,28)25-15-5-3-12(18)16(20)17(15)24-14-4-2-11(21)8-13(14)19/h2-5,8,10,22-26H,6-7,9H2,1H3. The van der Waals surface area contributed by atoms with E-state index >= 15 is 0 Å². The molecule has 0 amide bonds. The van der Waals surface area contributed by atoms with E-state index in [1.54, 1.807) is 13.0 Å². The molecule has 2 aromatic rings. The van der Waals surface area contributed by atoms with Crippen LogP contribution in [-0.4, -0.2) is 39.3 Å². The first kappa shape index (κ1) is 23.7. The van der Waals surface area contributed by atoms with Gasteiger partial charge in [-0.25, -0.2) is 13.2 Å². The van der Waals surface area contributed by atoms with Gasteiger partial charge in [0.15, 0.2) is 11.6 Å². The van der Waals surface area contributed by atoms with Gasteiger partial charge in [-0.3, -0.25) is 4.72 Å². The summed E-state index contributed by atoms with van der Waals surface area (Å²) in [5.41, 5.74) is -1.00. The minimum atomic E-state index is -4.13. The van der Waals surface area contributed by atoms with Crippen LogP contribution in [0.1, 0.15) is 6.92 Å². The van der Waals surface area contributed by atoms with Crippen LogP contribution in [-0.2, 0) is 10.2 Å². The molecule has 29 heavy (non-hydrogen) atoms. The molecule has 0 aliphatic heterocycles. The Balaban J connectivity index is 2.19. The van der Waals surface area contributed by atoms with Crippen LogP contribution in [0.2, 0.25) is 0 Å². The number of halogens is 4. The molecule has 2 aromatic carbocycles. The fraction of sp³-hybridized carbons (Fsp3) is 0.294. The van der Waals surface area contributed by atoms with Crippen LogP contribution < -0.4 is 20.1 Å². The van der Waals surface area contributed by atoms with E-state index in [2.05, 4.69) is 20.1 Å². The molecule has 1 unspecified atom stereocenters. The first-order valence-electron chi connectivity index (χ1n) is 8.44. The van der Waals surface area contributed by atoms with Crippen LogP contribution in [0.3, 0.4) is 0 Å². The molecule has 0 bridgehead atoms. The third kappa shape index (κ3) is 6.99. The molecule has 12 heteroatoms. The van der Waals surface area contributed by atoms with E-state index in [-0.39, 0.29) is 37.1 Å². The average molecular weight is 544 g/mol. The maximum absolute atomic E-state index is 14.3. The van der Waals surface area contributed by atoms with Crippen molar-refractivity contribution >= 4 is 49.9 Å². The van der Waals surface area contributed by atoms with Crippen molar-refractivity contribution in [2.24, 2.45) is 0 Å². The van der Waals surface area contributed by atoms with Gasteiger partial charge in [0.05, 0.1) is 18.0 Å². The number of anilines is 3. The van der Waals surface area contributed by atoms with E-state index in [1.165, 1.54) is 12.1 Å². The van der Waals surface area contributed by atoms with Crippen molar-refractivity contribution in [2.75, 3.05) is 29.7 Å². The van der Waals surface area contributed by atoms with Crippen LogP contribution in [0, 0.1) is 21.0 Å². The first-order valence-corrected chi connectivity index (χ1v) is 11.0. The summed E-state index contributed by atoms with van der Waals surface area (Å²) in [6.07, 6.45) is 0. The molecule has 0 aliphatic carbocycles. The Hall–Kier alpha value is -1.61. The number of benzene rings is 2. The Bertz CT molecular complexity index is 963. The molecule has 7 nitrogen and oxygen atoms in total. The van der Waals surface area contributed by atoms with Crippen molar-refractivity contribution in [3.05, 3.63) is 51.4 Å². The van der Waals surface area contributed by atoms with Gasteiger partial charge < -0.3 is 15.7 Å². The molecule has 0 heterocycles. The van der Waals surface area contributed by atoms with Gasteiger partial charge in [-0.2, -0.15) is 13.1 Å². The summed E-state index contributed by atoms with van der Waals surface area (Å²) >= 11 is 1.89. The topological polar surface area (TPSA) is 102 Å². The Morgan fingerprint density at radius 3 is 2.41 bits per heavy atom. The van der Waals surface area contributed by atoms with Crippen molar-refractivity contribution < 1.29 is 26.7 Å². The van der Waals surface area contributed by atoms with Crippen molar-refractivity contribution in [1.82, 2.24) is 10.0 Å². The number of hydrogen-bond donors (Lipinski definition) is 5. The fourth-order valence-corrected chi connectivity index (χ4v) is 3.59. The lowest BCUT2D eigenvalue weighted by Crippen LogP contribution is -2.39. The molecule has 5 N–H and O–H groups in total. The quantitative estimate of drug-likeness (QED) is 0.234. The van der Waals surface area contributed by atoms with Gasteiger partial charge in [-0.1, -0.05) is 0 Å². The highest BCUT2D eigenvalue weighted by atomic mass is 127. The summed E-state index contributed by atoms with van der Waals surface area (Å²) in [6, 6.07) is 5.63. The molecule has 1 atom stereocenters. The van der Waals surface area contributed by atoms with E-state index in [1.807, 2.05) is 22.6 Å². The Morgan fingerprint density at radius 1 is 1.07 bits per heavy atom. The molecule has 0 radical (unpaired) electrons. The predicted molar refractivity (Wildman–Crippen MR) is 114 cm³/mol. The Labute approximate surface area is 180 Å². The zero-order valence-electron chi connectivity index (χ0n) is 15.3. The van der Waals surface area contributed by atoms with E-state index in [0.29, 0.717) is 3.57 Å². The lowest BCUT2D eigenvalue weighted by atomic mass is 10.2. The van der Waals surface area contributed by atoms with Crippen molar-refractivity contribution in [1.29, 1.82) is 0 Å². The molecule has 0 spiro atoms. The Kier molecular flexibility index (Phi) is 8.51. The molecule has 0 aromatic heterocycles. The van der Waals surface area contributed by atoms with Crippen LogP contribution in [0.25, 0.3) is 0 Å². The number of hydrogen-bond acceptors (Lipinski definition) is 5. The van der Waals surface area contributed by atoms with Gasteiger partial charge in [0.1, 0.15) is 11.5 Å². The minimum absolute atomic E-state index is 0.0160. The molecule has 0 fully saturated rings. The third-order valence-corrected chi connectivity index (χ3v) is 5.46. The summed E-state index contributed by atoms with van der Waals surface area (Å²) in [5.74, 6) is -3.30. The zero-order chi connectivity index (χ0) is 21.6. The van der Waals surface area contributed by atoms with Crippen molar-refractivity contribution in [3.8, 4) is 0 Å². The first-order chi connectivity index (χ1) is 13.6. The second-order valence-electron chi connectivity index (χ2n) is 6.07. The van der Waals surface area contributed by atoms with Gasteiger partial charge in [-0.05, 0) is 59.8 Å². The highest BCUT2D eigenvalue weighted by molar-refractivity contribution is 14.1. The van der Waals surface area contributed by atoms with E-state index in [9.17, 15) is 21.6 Å². The van der Waals surface area contributed by atoms with Crippen molar-refractivity contribution in [2.45, 2.75) is 13.0 Å². The van der Waals surface area contributed by atoms with Gasteiger partial charge in [-0.15, -0.1) is 0 Å². The molecule has 0 saturated heterocycles. The summed E-state index contributed by atoms with van der Waals surface area (Å²) in [6.45, 7) is 1.83. The van der Waals surface area contributed by atoms with E-state index in [0.717, 1.165) is 12.1 Å². The highest BCUT2D eigenvalue weighted by Crippen LogP contribution is 2.32. The largest absolute Gasteiger partial charge is 0.395 e. The lowest BCUT2D eigenvalue weighted by molar-refractivity contribution is 0.252. The SMILES string of the molecule is CC(CO)NCCNS(=O)(=O)Nc1ccc(F)c(F)c1Nc1ccc(I)cc1F. The van der Waals surface area contributed by atoms with Crippen LogP contribution in [0.15, 0.2) is 30.3 Å².